The minimum atomic E-state index is -4.58. The number of carbonyl (C=O) groups excluding carboxylic acids is 1. The van der Waals surface area contributed by atoms with Gasteiger partial charge in [0.1, 0.15) is 5.82 Å². The Labute approximate surface area is 195 Å². The number of rotatable bonds is 3. The van der Waals surface area contributed by atoms with Crippen molar-refractivity contribution in [1.82, 2.24) is 9.78 Å². The van der Waals surface area contributed by atoms with Gasteiger partial charge in [0, 0.05) is 12.5 Å². The van der Waals surface area contributed by atoms with Crippen molar-refractivity contribution in [3.05, 3.63) is 63.8 Å². The van der Waals surface area contributed by atoms with Crippen LogP contribution in [0.4, 0.5) is 24.7 Å². The smallest absolute Gasteiger partial charge is 0.410 e. The number of benzene rings is 2. The number of ether oxygens (including phenoxy) is 2. The molecule has 172 valence electrons. The minimum absolute atomic E-state index is 0.0595. The average molecular weight is 499 g/mol. The number of nitrogens with zero attached hydrogens (tertiary/aromatic N) is 2. The molecular formula is C21H15Cl2F3N4O3. The maximum atomic E-state index is 13.9. The fourth-order valence-electron chi connectivity index (χ4n) is 3.82. The molecule has 3 aromatic rings. The maximum absolute atomic E-state index is 13.9. The molecule has 1 amide bonds. The summed E-state index contributed by atoms with van der Waals surface area (Å²) < 4.78 is 53.1. The Bertz CT molecular complexity index is 1250. The number of carbonyl (C=O) groups is 1. The summed E-state index contributed by atoms with van der Waals surface area (Å²) in [4.78, 5) is 12.7. The lowest BCUT2D eigenvalue weighted by Gasteiger charge is -2.33. The molecular weight excluding hydrogens is 484 g/mol. The normalized spacial score (nSPS) is 19.1. The molecule has 2 aromatic carbocycles. The molecule has 3 heterocycles. The fourth-order valence-corrected chi connectivity index (χ4v) is 4.17. The third-order valence-electron chi connectivity index (χ3n) is 5.42. The van der Waals surface area contributed by atoms with Crippen molar-refractivity contribution in [2.24, 2.45) is 0 Å². The molecule has 0 fully saturated rings. The molecule has 2 aliphatic heterocycles. The number of halogens is 5. The van der Waals surface area contributed by atoms with Gasteiger partial charge in [0.05, 0.1) is 21.8 Å². The van der Waals surface area contributed by atoms with Gasteiger partial charge in [0.15, 0.2) is 23.2 Å². The highest BCUT2D eigenvalue weighted by atomic mass is 35.5. The van der Waals surface area contributed by atoms with E-state index >= 15 is 0 Å². The SMILES string of the molecule is O=C(Nc1cccc(Cl)c1Cl)c1cc2n(n1)C(C(F)(F)F)CC(c1ccc3c(c1)OCO3)N2. The van der Waals surface area contributed by atoms with E-state index in [1.807, 2.05) is 0 Å². The van der Waals surface area contributed by atoms with Crippen LogP contribution in [0.5, 0.6) is 11.5 Å². The summed E-state index contributed by atoms with van der Waals surface area (Å²) in [5, 5.41) is 9.85. The summed E-state index contributed by atoms with van der Waals surface area (Å²) in [5.41, 5.74) is 0.616. The number of nitrogens with one attached hydrogen (secondary N) is 2. The van der Waals surface area contributed by atoms with Crippen molar-refractivity contribution in [2.75, 3.05) is 17.4 Å². The van der Waals surface area contributed by atoms with Crippen molar-refractivity contribution >= 4 is 40.6 Å². The molecule has 0 spiro atoms. The van der Waals surface area contributed by atoms with E-state index in [2.05, 4.69) is 15.7 Å². The Morgan fingerprint density at radius 1 is 1.15 bits per heavy atom. The Hall–Kier alpha value is -3.11. The van der Waals surface area contributed by atoms with Gasteiger partial charge in [0.25, 0.3) is 5.91 Å². The quantitative estimate of drug-likeness (QED) is 0.474. The zero-order chi connectivity index (χ0) is 23.3. The van der Waals surface area contributed by atoms with Crippen molar-refractivity contribution in [3.8, 4) is 11.5 Å². The van der Waals surface area contributed by atoms with Gasteiger partial charge in [-0.2, -0.15) is 18.3 Å². The Balaban J connectivity index is 1.45. The predicted octanol–water partition coefficient (Wildman–Crippen LogP) is 5.83. The number of hydrogen-bond donors (Lipinski definition) is 2. The second-order valence-electron chi connectivity index (χ2n) is 7.52. The largest absolute Gasteiger partial charge is 0.454 e. The van der Waals surface area contributed by atoms with Gasteiger partial charge in [-0.3, -0.25) is 4.79 Å². The van der Waals surface area contributed by atoms with E-state index in [1.165, 1.54) is 12.1 Å². The lowest BCUT2D eigenvalue weighted by Crippen LogP contribution is -2.35. The summed E-state index contributed by atoms with van der Waals surface area (Å²) in [7, 11) is 0. The van der Waals surface area contributed by atoms with Gasteiger partial charge >= 0.3 is 6.18 Å². The van der Waals surface area contributed by atoms with Gasteiger partial charge in [-0.05, 0) is 29.8 Å². The minimum Gasteiger partial charge on any atom is -0.454 e. The number of aromatic nitrogens is 2. The summed E-state index contributed by atoms with van der Waals surface area (Å²) in [6.07, 6.45) is -4.90. The van der Waals surface area contributed by atoms with Gasteiger partial charge in [-0.1, -0.05) is 35.3 Å². The zero-order valence-electron chi connectivity index (χ0n) is 16.6. The van der Waals surface area contributed by atoms with E-state index in [-0.39, 0.29) is 40.5 Å². The zero-order valence-corrected chi connectivity index (χ0v) is 18.1. The molecule has 2 aliphatic rings. The van der Waals surface area contributed by atoms with Crippen LogP contribution in [-0.2, 0) is 0 Å². The number of anilines is 2. The third-order valence-corrected chi connectivity index (χ3v) is 6.24. The molecule has 2 N–H and O–H groups in total. The molecule has 5 rings (SSSR count). The second-order valence-corrected chi connectivity index (χ2v) is 8.30. The highest BCUT2D eigenvalue weighted by molar-refractivity contribution is 6.44. The second kappa shape index (κ2) is 8.03. The summed E-state index contributed by atoms with van der Waals surface area (Å²) >= 11 is 12.0. The molecule has 0 saturated carbocycles. The molecule has 0 radical (unpaired) electrons. The van der Waals surface area contributed by atoms with E-state index in [4.69, 9.17) is 32.7 Å². The molecule has 0 saturated heterocycles. The monoisotopic (exact) mass is 498 g/mol. The number of fused-ring (bicyclic) bond motifs is 2. The van der Waals surface area contributed by atoms with E-state index in [1.54, 1.807) is 30.3 Å². The average Bonchev–Trinajstić information content (AvgIpc) is 3.41. The summed E-state index contributed by atoms with van der Waals surface area (Å²) in [6, 6.07) is 8.28. The lowest BCUT2D eigenvalue weighted by molar-refractivity contribution is -0.173. The Kier molecular flexibility index (Phi) is 5.29. The molecule has 33 heavy (non-hydrogen) atoms. The van der Waals surface area contributed by atoms with Crippen molar-refractivity contribution < 1.29 is 27.4 Å². The van der Waals surface area contributed by atoms with E-state index < -0.39 is 24.2 Å². The number of amides is 1. The molecule has 12 heteroatoms. The van der Waals surface area contributed by atoms with Crippen LogP contribution >= 0.6 is 23.2 Å². The topological polar surface area (TPSA) is 77.4 Å². The third kappa shape index (κ3) is 4.04. The van der Waals surface area contributed by atoms with Gasteiger partial charge in [-0.25, -0.2) is 4.68 Å². The van der Waals surface area contributed by atoms with Crippen LogP contribution < -0.4 is 20.1 Å². The number of hydrogen-bond acceptors (Lipinski definition) is 5. The van der Waals surface area contributed by atoms with Gasteiger partial charge in [-0.15, -0.1) is 0 Å². The van der Waals surface area contributed by atoms with Crippen LogP contribution in [0.15, 0.2) is 42.5 Å². The highest BCUT2D eigenvalue weighted by Crippen LogP contribution is 2.45. The first-order chi connectivity index (χ1) is 15.7. The van der Waals surface area contributed by atoms with Crippen molar-refractivity contribution in [1.29, 1.82) is 0 Å². The molecule has 0 bridgehead atoms. The van der Waals surface area contributed by atoms with Crippen LogP contribution in [0, 0.1) is 0 Å². The molecule has 2 unspecified atom stereocenters. The van der Waals surface area contributed by atoms with Crippen LogP contribution in [-0.4, -0.2) is 28.7 Å². The van der Waals surface area contributed by atoms with Gasteiger partial charge in [0.2, 0.25) is 6.79 Å². The predicted molar refractivity (Wildman–Crippen MR) is 115 cm³/mol. The van der Waals surface area contributed by atoms with Crippen LogP contribution in [0.25, 0.3) is 0 Å². The number of alkyl halides is 3. The molecule has 1 aromatic heterocycles. The van der Waals surface area contributed by atoms with Gasteiger partial charge < -0.3 is 20.1 Å². The summed E-state index contributed by atoms with van der Waals surface area (Å²) in [5.74, 6) is 0.345. The van der Waals surface area contributed by atoms with E-state index in [0.29, 0.717) is 17.1 Å². The fraction of sp³-hybridized carbons (Fsp3) is 0.238. The highest BCUT2D eigenvalue weighted by Gasteiger charge is 2.47. The van der Waals surface area contributed by atoms with Crippen LogP contribution in [0.3, 0.4) is 0 Å². The van der Waals surface area contributed by atoms with Crippen molar-refractivity contribution in [2.45, 2.75) is 24.7 Å². The summed E-state index contributed by atoms with van der Waals surface area (Å²) in [6.45, 7) is 0.0595. The first kappa shape index (κ1) is 21.7. The first-order valence-corrected chi connectivity index (χ1v) is 10.5. The molecule has 0 aliphatic carbocycles. The van der Waals surface area contributed by atoms with Crippen LogP contribution in [0.1, 0.15) is 34.6 Å². The van der Waals surface area contributed by atoms with Crippen LogP contribution in [0.2, 0.25) is 10.0 Å². The Morgan fingerprint density at radius 3 is 2.73 bits per heavy atom. The van der Waals surface area contributed by atoms with E-state index in [9.17, 15) is 18.0 Å². The lowest BCUT2D eigenvalue weighted by atomic mass is 9.96. The standard InChI is InChI=1S/C21H15Cl2F3N4O3/c22-11-2-1-3-12(19(11)23)28-20(31)14-8-18-27-13(7-17(21(24,25)26)30(18)29-14)10-4-5-15-16(6-10)33-9-32-15/h1-6,8,13,17,27H,7,9H2,(H,28,31). The Morgan fingerprint density at radius 2 is 1.94 bits per heavy atom. The first-order valence-electron chi connectivity index (χ1n) is 9.78. The molecule has 2 atom stereocenters. The van der Waals surface area contributed by atoms with Crippen molar-refractivity contribution in [3.63, 3.8) is 0 Å². The van der Waals surface area contributed by atoms with E-state index in [0.717, 1.165) is 4.68 Å². The maximum Gasteiger partial charge on any atom is 0.410 e. The molecule has 7 nitrogen and oxygen atoms in total.